The molecule has 20 heavy (non-hydrogen) atoms. The van der Waals surface area contributed by atoms with Crippen LogP contribution in [0, 0.1) is 0 Å². The number of aliphatic hydroxyl groups is 2. The third kappa shape index (κ3) is 4.59. The molecule has 5 heteroatoms. The van der Waals surface area contributed by atoms with Crippen LogP contribution < -0.4 is 5.32 Å². The van der Waals surface area contributed by atoms with Crippen molar-refractivity contribution in [2.45, 2.75) is 38.6 Å². The number of nitrogens with one attached hydrogen (secondary N) is 1. The predicted octanol–water partition coefficient (Wildman–Crippen LogP) is 1.26. The summed E-state index contributed by atoms with van der Waals surface area (Å²) in [5, 5.41) is 22.8. The summed E-state index contributed by atoms with van der Waals surface area (Å²) in [7, 11) is 1.68. The Labute approximate surface area is 119 Å². The second kappa shape index (κ2) is 6.83. The number of ether oxygens (including phenoxy) is 1. The summed E-state index contributed by atoms with van der Waals surface area (Å²) in [5.41, 5.74) is 0.0215. The van der Waals surface area contributed by atoms with Gasteiger partial charge in [0.2, 0.25) is 0 Å². The lowest BCUT2D eigenvalue weighted by atomic mass is 9.98. The fourth-order valence-electron chi connectivity index (χ4n) is 1.80. The third-order valence-electron chi connectivity index (χ3n) is 2.68. The Hall–Kier alpha value is -1.43. The first-order valence-electron chi connectivity index (χ1n) is 6.59. The van der Waals surface area contributed by atoms with E-state index in [2.05, 4.69) is 5.32 Å². The van der Waals surface area contributed by atoms with E-state index in [0.29, 0.717) is 5.56 Å². The molecule has 0 aliphatic rings. The first-order chi connectivity index (χ1) is 9.26. The third-order valence-corrected chi connectivity index (χ3v) is 2.68. The van der Waals surface area contributed by atoms with Crippen molar-refractivity contribution in [2.24, 2.45) is 0 Å². The van der Waals surface area contributed by atoms with Crippen molar-refractivity contribution in [3.05, 3.63) is 35.4 Å². The van der Waals surface area contributed by atoms with Crippen molar-refractivity contribution in [2.75, 3.05) is 13.6 Å². The molecule has 1 aromatic rings. The molecular formula is C15H23NO4. The van der Waals surface area contributed by atoms with Gasteiger partial charge in [-0.2, -0.15) is 0 Å². The molecule has 5 nitrogen and oxygen atoms in total. The highest BCUT2D eigenvalue weighted by Crippen LogP contribution is 2.23. The highest BCUT2D eigenvalue weighted by molar-refractivity contribution is 5.91. The van der Waals surface area contributed by atoms with Gasteiger partial charge >= 0.3 is 5.97 Å². The van der Waals surface area contributed by atoms with Crippen LogP contribution in [0.3, 0.4) is 0 Å². The second-order valence-electron chi connectivity index (χ2n) is 5.66. The largest absolute Gasteiger partial charge is 0.456 e. The molecule has 0 radical (unpaired) electrons. The SMILES string of the molecule is CNCC(O)C(O)c1ccccc1C(=O)OC(C)(C)C. The fraction of sp³-hybridized carbons (Fsp3) is 0.533. The second-order valence-corrected chi connectivity index (χ2v) is 5.66. The number of hydrogen-bond acceptors (Lipinski definition) is 5. The van der Waals surface area contributed by atoms with Gasteiger partial charge in [0.1, 0.15) is 11.7 Å². The zero-order valence-corrected chi connectivity index (χ0v) is 12.4. The van der Waals surface area contributed by atoms with Gasteiger partial charge in [0, 0.05) is 6.54 Å². The highest BCUT2D eigenvalue weighted by Gasteiger charge is 2.25. The molecule has 2 atom stereocenters. The number of benzene rings is 1. The Morgan fingerprint density at radius 2 is 1.90 bits per heavy atom. The van der Waals surface area contributed by atoms with Crippen molar-refractivity contribution < 1.29 is 19.7 Å². The monoisotopic (exact) mass is 281 g/mol. The topological polar surface area (TPSA) is 78.8 Å². The molecule has 0 spiro atoms. The Kier molecular flexibility index (Phi) is 5.68. The van der Waals surface area contributed by atoms with E-state index in [1.165, 1.54) is 0 Å². The van der Waals surface area contributed by atoms with E-state index in [4.69, 9.17) is 4.74 Å². The van der Waals surface area contributed by atoms with E-state index in [1.807, 2.05) is 0 Å². The lowest BCUT2D eigenvalue weighted by Crippen LogP contribution is -2.31. The number of carbonyl (C=O) groups excluding carboxylic acids is 1. The van der Waals surface area contributed by atoms with Gasteiger partial charge in [0.05, 0.1) is 11.7 Å². The van der Waals surface area contributed by atoms with E-state index < -0.39 is 23.8 Å². The van der Waals surface area contributed by atoms with Crippen molar-refractivity contribution >= 4 is 5.97 Å². The maximum absolute atomic E-state index is 12.1. The summed E-state index contributed by atoms with van der Waals surface area (Å²) < 4.78 is 5.31. The van der Waals surface area contributed by atoms with Crippen molar-refractivity contribution in [1.82, 2.24) is 5.32 Å². The predicted molar refractivity (Wildman–Crippen MR) is 76.5 cm³/mol. The van der Waals surface area contributed by atoms with Gasteiger partial charge in [-0.3, -0.25) is 0 Å². The van der Waals surface area contributed by atoms with Gasteiger partial charge < -0.3 is 20.3 Å². The van der Waals surface area contributed by atoms with Gasteiger partial charge in [-0.1, -0.05) is 18.2 Å². The molecule has 0 aliphatic heterocycles. The number of likely N-dealkylation sites (N-methyl/N-ethyl adjacent to an activating group) is 1. The van der Waals surface area contributed by atoms with E-state index in [9.17, 15) is 15.0 Å². The molecule has 0 aliphatic carbocycles. The van der Waals surface area contributed by atoms with Gasteiger partial charge in [-0.05, 0) is 39.4 Å². The van der Waals surface area contributed by atoms with Crippen LogP contribution in [-0.4, -0.2) is 41.5 Å². The van der Waals surface area contributed by atoms with Gasteiger partial charge in [0.25, 0.3) is 0 Å². The van der Waals surface area contributed by atoms with Gasteiger partial charge in [-0.25, -0.2) is 4.79 Å². The van der Waals surface area contributed by atoms with Crippen molar-refractivity contribution in [3.63, 3.8) is 0 Å². The molecule has 0 saturated heterocycles. The van der Waals surface area contributed by atoms with E-state index in [0.717, 1.165) is 0 Å². The summed E-state index contributed by atoms with van der Waals surface area (Å²) in [4.78, 5) is 12.1. The Morgan fingerprint density at radius 1 is 1.30 bits per heavy atom. The number of carbonyl (C=O) groups is 1. The first-order valence-corrected chi connectivity index (χ1v) is 6.59. The van der Waals surface area contributed by atoms with Crippen LogP contribution in [0.4, 0.5) is 0 Å². The Bertz CT molecular complexity index is 453. The van der Waals surface area contributed by atoms with Gasteiger partial charge in [0.15, 0.2) is 0 Å². The smallest absolute Gasteiger partial charge is 0.339 e. The van der Waals surface area contributed by atoms with Gasteiger partial charge in [-0.15, -0.1) is 0 Å². The standard InChI is InChI=1S/C15H23NO4/c1-15(2,3)20-14(19)11-8-6-5-7-10(11)13(18)12(17)9-16-4/h5-8,12-13,16-18H,9H2,1-4H3. The molecule has 3 N–H and O–H groups in total. The summed E-state index contributed by atoms with van der Waals surface area (Å²) in [6, 6.07) is 6.60. The molecule has 0 fully saturated rings. The fourth-order valence-corrected chi connectivity index (χ4v) is 1.80. The van der Waals surface area contributed by atoms with Crippen LogP contribution in [0.5, 0.6) is 0 Å². The average molecular weight is 281 g/mol. The number of rotatable bonds is 5. The normalized spacial score (nSPS) is 14.7. The summed E-state index contributed by atoms with van der Waals surface area (Å²) in [6.07, 6.45) is -2.14. The quantitative estimate of drug-likeness (QED) is 0.708. The average Bonchev–Trinajstić information content (AvgIpc) is 2.36. The molecule has 112 valence electrons. The number of hydrogen-bond donors (Lipinski definition) is 3. The minimum Gasteiger partial charge on any atom is -0.456 e. The summed E-state index contributed by atoms with van der Waals surface area (Å²) in [6.45, 7) is 5.56. The summed E-state index contributed by atoms with van der Waals surface area (Å²) in [5.74, 6) is -0.510. The lowest BCUT2D eigenvalue weighted by Gasteiger charge is -2.23. The number of aliphatic hydroxyl groups excluding tert-OH is 2. The van der Waals surface area contributed by atoms with Crippen molar-refractivity contribution in [1.29, 1.82) is 0 Å². The van der Waals surface area contributed by atoms with Crippen LogP contribution in [0.15, 0.2) is 24.3 Å². The zero-order chi connectivity index (χ0) is 15.3. The van der Waals surface area contributed by atoms with Crippen LogP contribution >= 0.6 is 0 Å². The molecule has 1 rings (SSSR count). The van der Waals surface area contributed by atoms with E-state index >= 15 is 0 Å². The summed E-state index contributed by atoms with van der Waals surface area (Å²) >= 11 is 0. The molecule has 0 saturated carbocycles. The molecule has 0 amide bonds. The Morgan fingerprint density at radius 3 is 2.45 bits per heavy atom. The minimum absolute atomic E-state index is 0.226. The zero-order valence-electron chi connectivity index (χ0n) is 12.4. The first kappa shape index (κ1) is 16.6. The van der Waals surface area contributed by atoms with Crippen molar-refractivity contribution in [3.8, 4) is 0 Å². The van der Waals surface area contributed by atoms with Crippen LogP contribution in [0.25, 0.3) is 0 Å². The molecule has 0 heterocycles. The number of esters is 1. The maximum Gasteiger partial charge on any atom is 0.339 e. The minimum atomic E-state index is -1.15. The van der Waals surface area contributed by atoms with E-state index in [-0.39, 0.29) is 12.1 Å². The molecular weight excluding hydrogens is 258 g/mol. The van der Waals surface area contributed by atoms with E-state index in [1.54, 1.807) is 52.1 Å². The molecule has 0 bridgehead atoms. The lowest BCUT2D eigenvalue weighted by molar-refractivity contribution is 0.00353. The van der Waals surface area contributed by atoms with Crippen LogP contribution in [0.1, 0.15) is 42.8 Å². The van der Waals surface area contributed by atoms with Crippen LogP contribution in [-0.2, 0) is 4.74 Å². The molecule has 1 aromatic carbocycles. The molecule has 2 unspecified atom stereocenters. The van der Waals surface area contributed by atoms with Crippen LogP contribution in [0.2, 0.25) is 0 Å². The maximum atomic E-state index is 12.1. The molecule has 0 aromatic heterocycles. The highest BCUT2D eigenvalue weighted by atomic mass is 16.6. The Balaban J connectivity index is 3.01.